The van der Waals surface area contributed by atoms with Crippen LogP contribution in [0.5, 0.6) is 0 Å². The van der Waals surface area contributed by atoms with E-state index in [2.05, 4.69) is 75.1 Å². The van der Waals surface area contributed by atoms with Crippen LogP contribution in [0.1, 0.15) is 12.8 Å². The lowest BCUT2D eigenvalue weighted by atomic mass is 10.1. The Labute approximate surface area is 190 Å². The van der Waals surface area contributed by atoms with Gasteiger partial charge in [0.25, 0.3) is 0 Å². The molecule has 1 aliphatic heterocycles. The van der Waals surface area contributed by atoms with Gasteiger partial charge < -0.3 is 10.6 Å². The number of nitrogen functional groups attached to an aromatic ring is 1. The number of para-hydroxylation sites is 1. The maximum atomic E-state index is 6.09. The van der Waals surface area contributed by atoms with Crippen molar-refractivity contribution in [3.05, 3.63) is 78.9 Å². The van der Waals surface area contributed by atoms with E-state index >= 15 is 0 Å². The van der Waals surface area contributed by atoms with Crippen LogP contribution in [0.4, 0.5) is 11.4 Å². The molecule has 0 spiro atoms. The van der Waals surface area contributed by atoms with Gasteiger partial charge >= 0.3 is 0 Å². The van der Waals surface area contributed by atoms with Crippen LogP contribution in [-0.4, -0.2) is 47.4 Å². The zero-order chi connectivity index (χ0) is 21.8. The number of anilines is 2. The van der Waals surface area contributed by atoms with Gasteiger partial charge in [-0.3, -0.25) is 9.58 Å². The molecule has 164 valence electrons. The first-order chi connectivity index (χ1) is 15.8. The molecule has 5 rings (SSSR count). The van der Waals surface area contributed by atoms with Crippen molar-refractivity contribution in [3.8, 4) is 11.3 Å². The minimum absolute atomic E-state index is 0.781. The number of benzene rings is 3. The van der Waals surface area contributed by atoms with Crippen molar-refractivity contribution in [2.45, 2.75) is 19.4 Å². The van der Waals surface area contributed by atoms with Crippen molar-refractivity contribution >= 4 is 22.3 Å². The average Bonchev–Trinajstić information content (AvgIpc) is 3.21. The lowest BCUT2D eigenvalue weighted by Crippen LogP contribution is -2.46. The molecule has 1 aromatic heterocycles. The number of fused-ring (bicyclic) bond motifs is 1. The summed E-state index contributed by atoms with van der Waals surface area (Å²) < 4.78 is 2.16. The van der Waals surface area contributed by atoms with Gasteiger partial charge in [-0.1, -0.05) is 48.5 Å². The number of unbranched alkanes of at least 4 members (excludes halogenated alkanes) is 1. The quantitative estimate of drug-likeness (QED) is 0.338. The summed E-state index contributed by atoms with van der Waals surface area (Å²) in [7, 11) is 0. The van der Waals surface area contributed by atoms with Crippen molar-refractivity contribution in [1.29, 1.82) is 0 Å². The van der Waals surface area contributed by atoms with Crippen molar-refractivity contribution < 1.29 is 0 Å². The standard InChI is InChI=1S/C27H31N5/c28-23-13-14-26-25(21-23)27(22-9-3-1-4-10-22)29-32(26)16-8-7-15-30-17-19-31(20-18-30)24-11-5-2-6-12-24/h1-6,9-14,21H,7-8,15-20,28H2. The van der Waals surface area contributed by atoms with Gasteiger partial charge in [0.15, 0.2) is 0 Å². The third-order valence-corrected chi connectivity index (χ3v) is 6.41. The number of piperazine rings is 1. The summed E-state index contributed by atoms with van der Waals surface area (Å²) in [5.74, 6) is 0. The van der Waals surface area contributed by atoms with E-state index in [9.17, 15) is 0 Å². The predicted molar refractivity (Wildman–Crippen MR) is 134 cm³/mol. The summed E-state index contributed by atoms with van der Waals surface area (Å²) >= 11 is 0. The summed E-state index contributed by atoms with van der Waals surface area (Å²) in [6, 6.07) is 27.3. The zero-order valence-electron chi connectivity index (χ0n) is 18.5. The van der Waals surface area contributed by atoms with Gasteiger partial charge in [-0.2, -0.15) is 5.10 Å². The fraction of sp³-hybridized carbons (Fsp3) is 0.296. The van der Waals surface area contributed by atoms with E-state index in [1.54, 1.807) is 0 Å². The van der Waals surface area contributed by atoms with Gasteiger partial charge in [-0.25, -0.2) is 0 Å². The first-order valence-corrected chi connectivity index (χ1v) is 11.6. The fourth-order valence-electron chi connectivity index (χ4n) is 4.64. The predicted octanol–water partition coefficient (Wildman–Crippen LogP) is 4.89. The lowest BCUT2D eigenvalue weighted by Gasteiger charge is -2.36. The molecule has 4 aromatic rings. The minimum Gasteiger partial charge on any atom is -0.399 e. The van der Waals surface area contributed by atoms with E-state index in [4.69, 9.17) is 10.8 Å². The molecule has 0 radical (unpaired) electrons. The smallest absolute Gasteiger partial charge is 0.100 e. The largest absolute Gasteiger partial charge is 0.399 e. The highest BCUT2D eigenvalue weighted by atomic mass is 15.3. The van der Waals surface area contributed by atoms with Gasteiger partial charge in [-0.15, -0.1) is 0 Å². The maximum absolute atomic E-state index is 6.09. The molecule has 0 atom stereocenters. The first-order valence-electron chi connectivity index (χ1n) is 11.6. The Hall–Kier alpha value is -3.31. The second-order valence-electron chi connectivity index (χ2n) is 8.59. The third kappa shape index (κ3) is 4.48. The van der Waals surface area contributed by atoms with Crippen molar-refractivity contribution in [3.63, 3.8) is 0 Å². The van der Waals surface area contributed by atoms with Gasteiger partial charge in [-0.05, 0) is 49.7 Å². The highest BCUT2D eigenvalue weighted by Crippen LogP contribution is 2.29. The van der Waals surface area contributed by atoms with Crippen molar-refractivity contribution in [2.75, 3.05) is 43.4 Å². The normalized spacial score (nSPS) is 14.8. The third-order valence-electron chi connectivity index (χ3n) is 6.41. The van der Waals surface area contributed by atoms with Gasteiger partial charge in [0.1, 0.15) is 5.69 Å². The van der Waals surface area contributed by atoms with Crippen molar-refractivity contribution in [2.24, 2.45) is 0 Å². The lowest BCUT2D eigenvalue weighted by molar-refractivity contribution is 0.251. The molecule has 32 heavy (non-hydrogen) atoms. The number of nitrogens with two attached hydrogens (primary N) is 1. The average molecular weight is 426 g/mol. The molecule has 2 N–H and O–H groups in total. The van der Waals surface area contributed by atoms with Crippen LogP contribution >= 0.6 is 0 Å². The second-order valence-corrected chi connectivity index (χ2v) is 8.59. The van der Waals surface area contributed by atoms with Crippen LogP contribution in [-0.2, 0) is 6.54 Å². The van der Waals surface area contributed by atoms with Crippen LogP contribution in [0, 0.1) is 0 Å². The number of nitrogens with zero attached hydrogens (tertiary/aromatic N) is 4. The molecule has 0 saturated carbocycles. The molecular formula is C27H31N5. The highest BCUT2D eigenvalue weighted by Gasteiger charge is 2.17. The molecule has 0 bridgehead atoms. The Morgan fingerprint density at radius 2 is 1.44 bits per heavy atom. The summed E-state index contributed by atoms with van der Waals surface area (Å²) in [5.41, 5.74) is 11.5. The van der Waals surface area contributed by atoms with E-state index < -0.39 is 0 Å². The molecule has 1 aliphatic rings. The van der Waals surface area contributed by atoms with Crippen LogP contribution < -0.4 is 10.6 Å². The van der Waals surface area contributed by atoms with Crippen LogP contribution in [0.3, 0.4) is 0 Å². The first kappa shape index (κ1) is 20.6. The van der Waals surface area contributed by atoms with E-state index in [1.165, 1.54) is 12.1 Å². The molecule has 0 unspecified atom stereocenters. The Morgan fingerprint density at radius 3 is 2.19 bits per heavy atom. The molecular weight excluding hydrogens is 394 g/mol. The van der Waals surface area contributed by atoms with Crippen molar-refractivity contribution in [1.82, 2.24) is 14.7 Å². The topological polar surface area (TPSA) is 50.3 Å². The SMILES string of the molecule is Nc1ccc2c(c1)c(-c1ccccc1)nn2CCCCN1CCN(c2ccccc2)CC1. The molecule has 1 saturated heterocycles. The van der Waals surface area contributed by atoms with Crippen LogP contribution in [0.2, 0.25) is 0 Å². The van der Waals surface area contributed by atoms with E-state index in [-0.39, 0.29) is 0 Å². The minimum atomic E-state index is 0.781. The molecule has 2 heterocycles. The number of hydrogen-bond donors (Lipinski definition) is 1. The Bertz CT molecular complexity index is 1140. The molecule has 5 nitrogen and oxygen atoms in total. The Kier molecular flexibility index (Phi) is 6.08. The Balaban J connectivity index is 1.18. The second kappa shape index (κ2) is 9.45. The van der Waals surface area contributed by atoms with Gasteiger partial charge in [0.2, 0.25) is 0 Å². The summed E-state index contributed by atoms with van der Waals surface area (Å²) in [5, 5.41) is 6.10. The molecule has 0 amide bonds. The summed E-state index contributed by atoms with van der Waals surface area (Å²) in [6.07, 6.45) is 2.30. The summed E-state index contributed by atoms with van der Waals surface area (Å²) in [4.78, 5) is 5.08. The molecule has 5 heteroatoms. The monoisotopic (exact) mass is 425 g/mol. The maximum Gasteiger partial charge on any atom is 0.100 e. The van der Waals surface area contributed by atoms with E-state index in [1.807, 2.05) is 18.2 Å². The number of aromatic nitrogens is 2. The van der Waals surface area contributed by atoms with Gasteiger partial charge in [0, 0.05) is 55.0 Å². The van der Waals surface area contributed by atoms with E-state index in [0.29, 0.717) is 0 Å². The van der Waals surface area contributed by atoms with E-state index in [0.717, 1.165) is 73.5 Å². The Morgan fingerprint density at radius 1 is 0.750 bits per heavy atom. The number of aryl methyl sites for hydroxylation is 1. The highest BCUT2D eigenvalue weighted by molar-refractivity contribution is 5.95. The number of rotatable bonds is 7. The van der Waals surface area contributed by atoms with Gasteiger partial charge in [0.05, 0.1) is 5.52 Å². The molecule has 0 aliphatic carbocycles. The van der Waals surface area contributed by atoms with Crippen LogP contribution in [0.15, 0.2) is 78.9 Å². The fourth-order valence-corrected chi connectivity index (χ4v) is 4.64. The summed E-state index contributed by atoms with van der Waals surface area (Å²) in [6.45, 7) is 6.57. The van der Waals surface area contributed by atoms with Crippen LogP contribution in [0.25, 0.3) is 22.2 Å². The molecule has 3 aromatic carbocycles. The molecule has 1 fully saturated rings. The zero-order valence-corrected chi connectivity index (χ0v) is 18.5. The number of hydrogen-bond acceptors (Lipinski definition) is 4.